The van der Waals surface area contributed by atoms with Gasteiger partial charge >= 0.3 is 0 Å². The summed E-state index contributed by atoms with van der Waals surface area (Å²) in [6.45, 7) is 4.75. The molecule has 176 valence electrons. The molecular weight excluding hydrogens is 431 g/mol. The van der Waals surface area contributed by atoms with E-state index in [1.807, 2.05) is 26.1 Å². The molecule has 0 spiro atoms. The van der Waals surface area contributed by atoms with Crippen molar-refractivity contribution in [2.75, 3.05) is 47.1 Å². The van der Waals surface area contributed by atoms with Gasteiger partial charge in [0.05, 0.1) is 0 Å². The van der Waals surface area contributed by atoms with E-state index in [1.54, 1.807) is 6.33 Å². The Morgan fingerprint density at radius 1 is 1.03 bits per heavy atom. The molecule has 2 atom stereocenters. The minimum Gasteiger partial charge on any atom is -0.373 e. The van der Waals surface area contributed by atoms with Gasteiger partial charge in [0, 0.05) is 55.7 Å². The van der Waals surface area contributed by atoms with Gasteiger partial charge in [-0.2, -0.15) is 9.97 Å². The molecule has 2 aromatic heterocycles. The predicted octanol–water partition coefficient (Wildman–Crippen LogP) is 3.78. The van der Waals surface area contributed by atoms with E-state index in [0.717, 1.165) is 60.5 Å². The van der Waals surface area contributed by atoms with Crippen LogP contribution in [0.1, 0.15) is 24.1 Å². The van der Waals surface area contributed by atoms with E-state index in [1.165, 1.54) is 25.0 Å². The highest BCUT2D eigenvalue weighted by Crippen LogP contribution is 2.41. The van der Waals surface area contributed by atoms with E-state index < -0.39 is 0 Å². The summed E-state index contributed by atoms with van der Waals surface area (Å²) in [7, 11) is 1.90. The van der Waals surface area contributed by atoms with Crippen LogP contribution in [-0.4, -0.2) is 52.7 Å². The van der Waals surface area contributed by atoms with E-state index in [0.29, 0.717) is 23.8 Å². The fourth-order valence-electron chi connectivity index (χ4n) is 5.81. The molecule has 0 radical (unpaired) electrons. The van der Waals surface area contributed by atoms with E-state index >= 15 is 0 Å². The molecule has 3 aliphatic rings. The summed E-state index contributed by atoms with van der Waals surface area (Å²) >= 11 is 0. The maximum absolute atomic E-state index is 13.5. The Morgan fingerprint density at radius 3 is 2.50 bits per heavy atom. The molecule has 8 nitrogen and oxygen atoms in total. The fourth-order valence-corrected chi connectivity index (χ4v) is 5.81. The van der Waals surface area contributed by atoms with Crippen molar-refractivity contribution in [3.63, 3.8) is 0 Å². The minimum absolute atomic E-state index is 0.233. The highest BCUT2D eigenvalue weighted by molar-refractivity contribution is 5.72. The van der Waals surface area contributed by atoms with Crippen molar-refractivity contribution >= 4 is 29.1 Å². The molecule has 1 saturated heterocycles. The highest BCUT2D eigenvalue weighted by atomic mass is 19.1. The van der Waals surface area contributed by atoms with E-state index in [4.69, 9.17) is 9.97 Å². The number of rotatable bonds is 5. The Morgan fingerprint density at radius 2 is 1.79 bits per heavy atom. The standard InChI is InChI=1S/C25H29FN8/c1-15-11-21(29-14-28-15)33-12-16-3-4-17(13-33)22(16)30-25-31-23(27-2)20-9-10-34(24(20)32-25)19-7-5-18(26)6-8-19/h5-8,11,14,16-17,22H,3-4,9-10,12-13H2,1-2H3,(H2,27,30,31,32). The van der Waals surface area contributed by atoms with Crippen molar-refractivity contribution in [3.8, 4) is 0 Å². The molecule has 34 heavy (non-hydrogen) atoms. The summed E-state index contributed by atoms with van der Waals surface area (Å²) in [5, 5.41) is 6.96. The zero-order valence-corrected chi connectivity index (χ0v) is 19.5. The first kappa shape index (κ1) is 21.1. The first-order valence-corrected chi connectivity index (χ1v) is 12.0. The minimum atomic E-state index is -0.233. The molecule has 9 heteroatoms. The van der Waals surface area contributed by atoms with Crippen molar-refractivity contribution in [2.24, 2.45) is 11.8 Å². The lowest BCUT2D eigenvalue weighted by Crippen LogP contribution is -2.48. The first-order chi connectivity index (χ1) is 16.6. The van der Waals surface area contributed by atoms with Gasteiger partial charge in [-0.25, -0.2) is 14.4 Å². The molecule has 1 aliphatic carbocycles. The van der Waals surface area contributed by atoms with Gasteiger partial charge in [-0.15, -0.1) is 0 Å². The van der Waals surface area contributed by atoms with Crippen LogP contribution in [0.25, 0.3) is 0 Å². The third kappa shape index (κ3) is 3.69. The highest BCUT2D eigenvalue weighted by Gasteiger charge is 2.43. The Hall–Kier alpha value is -3.49. The smallest absolute Gasteiger partial charge is 0.226 e. The molecule has 1 aromatic carbocycles. The van der Waals surface area contributed by atoms with Gasteiger partial charge in [-0.1, -0.05) is 0 Å². The number of nitrogens with zero attached hydrogens (tertiary/aromatic N) is 6. The molecule has 2 N–H and O–H groups in total. The van der Waals surface area contributed by atoms with Crippen LogP contribution in [0.5, 0.6) is 0 Å². The van der Waals surface area contributed by atoms with Crippen LogP contribution >= 0.6 is 0 Å². The van der Waals surface area contributed by atoms with E-state index in [9.17, 15) is 4.39 Å². The molecule has 2 aliphatic heterocycles. The maximum atomic E-state index is 13.5. The van der Waals surface area contributed by atoms with Gasteiger partial charge in [-0.3, -0.25) is 0 Å². The number of hydrogen-bond acceptors (Lipinski definition) is 8. The molecule has 0 amide bonds. The SMILES string of the molecule is CNc1nc(NC2C3CCC2CN(c2cc(C)ncn2)C3)nc2c1CCN2c1ccc(F)cc1. The summed E-state index contributed by atoms with van der Waals surface area (Å²) in [6.07, 6.45) is 4.88. The largest absolute Gasteiger partial charge is 0.373 e. The molecule has 1 saturated carbocycles. The van der Waals surface area contributed by atoms with Crippen LogP contribution in [-0.2, 0) is 6.42 Å². The van der Waals surface area contributed by atoms with Crippen molar-refractivity contribution in [2.45, 2.75) is 32.2 Å². The third-order valence-corrected chi connectivity index (χ3v) is 7.44. The maximum Gasteiger partial charge on any atom is 0.226 e. The van der Waals surface area contributed by atoms with Gasteiger partial charge in [0.1, 0.15) is 29.6 Å². The number of piperidine rings is 1. The average Bonchev–Trinajstić information content (AvgIpc) is 3.35. The van der Waals surface area contributed by atoms with Gasteiger partial charge in [-0.05, 0) is 62.3 Å². The predicted molar refractivity (Wildman–Crippen MR) is 131 cm³/mol. The van der Waals surface area contributed by atoms with Gasteiger partial charge in [0.15, 0.2) is 0 Å². The van der Waals surface area contributed by atoms with Crippen molar-refractivity contribution in [1.29, 1.82) is 0 Å². The summed E-state index contributed by atoms with van der Waals surface area (Å²) in [4.78, 5) is 23.1. The van der Waals surface area contributed by atoms with Gasteiger partial charge < -0.3 is 20.4 Å². The molecule has 3 aromatic rings. The molecule has 6 rings (SSSR count). The second-order valence-electron chi connectivity index (χ2n) is 9.52. The van der Waals surface area contributed by atoms with Crippen LogP contribution in [0, 0.1) is 24.6 Å². The van der Waals surface area contributed by atoms with E-state index in [-0.39, 0.29) is 5.82 Å². The number of benzene rings is 1. The summed E-state index contributed by atoms with van der Waals surface area (Å²) in [6, 6.07) is 9.02. The number of anilines is 5. The molecule has 4 heterocycles. The van der Waals surface area contributed by atoms with Crippen LogP contribution in [0.3, 0.4) is 0 Å². The average molecular weight is 461 g/mol. The quantitative estimate of drug-likeness (QED) is 0.595. The third-order valence-electron chi connectivity index (χ3n) is 7.44. The summed E-state index contributed by atoms with van der Waals surface area (Å²) in [5.74, 6) is 4.22. The topological polar surface area (TPSA) is 82.1 Å². The van der Waals surface area contributed by atoms with Crippen LogP contribution in [0.4, 0.5) is 33.5 Å². The first-order valence-electron chi connectivity index (χ1n) is 12.0. The zero-order chi connectivity index (χ0) is 23.2. The number of aryl methyl sites for hydroxylation is 1. The lowest BCUT2D eigenvalue weighted by molar-refractivity contribution is 0.375. The molecule has 2 unspecified atom stereocenters. The van der Waals surface area contributed by atoms with Crippen molar-refractivity contribution in [3.05, 3.63) is 53.7 Å². The van der Waals surface area contributed by atoms with Crippen LogP contribution < -0.4 is 20.4 Å². The van der Waals surface area contributed by atoms with Gasteiger partial charge in [0.25, 0.3) is 0 Å². The number of nitrogens with one attached hydrogen (secondary N) is 2. The second kappa shape index (κ2) is 8.38. The molecule has 2 fully saturated rings. The van der Waals surface area contributed by atoms with E-state index in [2.05, 4.69) is 36.5 Å². The fraction of sp³-hybridized carbons (Fsp3) is 0.440. The molecular formula is C25H29FN8. The normalized spacial score (nSPS) is 23.2. The van der Waals surface area contributed by atoms with Crippen molar-refractivity contribution < 1.29 is 4.39 Å². The van der Waals surface area contributed by atoms with Crippen molar-refractivity contribution in [1.82, 2.24) is 19.9 Å². The lowest BCUT2D eigenvalue weighted by atomic mass is 9.92. The van der Waals surface area contributed by atoms with Crippen LogP contribution in [0.2, 0.25) is 0 Å². The Kier molecular flexibility index (Phi) is 5.19. The second-order valence-corrected chi connectivity index (χ2v) is 9.52. The summed E-state index contributed by atoms with van der Waals surface area (Å²) in [5.41, 5.74) is 3.05. The number of hydrogen-bond donors (Lipinski definition) is 2. The number of halogens is 1. The van der Waals surface area contributed by atoms with Gasteiger partial charge in [0.2, 0.25) is 5.95 Å². The monoisotopic (exact) mass is 460 g/mol. The Bertz CT molecular complexity index is 1190. The summed E-state index contributed by atoms with van der Waals surface area (Å²) < 4.78 is 13.5. The number of aromatic nitrogens is 4. The Balaban J connectivity index is 1.25. The number of fused-ring (bicyclic) bond motifs is 3. The Labute approximate surface area is 198 Å². The zero-order valence-electron chi connectivity index (χ0n) is 19.5. The lowest BCUT2D eigenvalue weighted by Gasteiger charge is -2.39. The molecule has 2 bridgehead atoms. The van der Waals surface area contributed by atoms with Crippen LogP contribution in [0.15, 0.2) is 36.7 Å².